The number of carbonyl (C=O) groups excluding carboxylic acids is 2. The molecule has 2 nitrogen and oxygen atoms in total. The van der Waals surface area contributed by atoms with Gasteiger partial charge in [-0.25, -0.2) is 0 Å². The quantitative estimate of drug-likeness (QED) is 0.727. The molecule has 0 unspecified atom stereocenters. The second-order valence-corrected chi connectivity index (χ2v) is 7.76. The molecule has 0 aromatic heterocycles. The molecule has 0 spiro atoms. The van der Waals surface area contributed by atoms with Crippen molar-refractivity contribution in [3.63, 3.8) is 0 Å². The van der Waals surface area contributed by atoms with Crippen LogP contribution in [0.2, 0.25) is 0 Å². The maximum Gasteiger partial charge on any atom is 0.156 e. The molecule has 1 saturated carbocycles. The van der Waals surface area contributed by atoms with E-state index >= 15 is 0 Å². The number of carbonyl (C=O) groups is 2. The third-order valence-corrected chi connectivity index (χ3v) is 6.73. The molecule has 4 aliphatic carbocycles. The molecular formula is C20H24O2. The summed E-state index contributed by atoms with van der Waals surface area (Å²) in [5, 5.41) is 0. The zero-order chi connectivity index (χ0) is 15.5. The summed E-state index contributed by atoms with van der Waals surface area (Å²) in [6, 6.07) is 0. The lowest BCUT2D eigenvalue weighted by Crippen LogP contribution is -2.38. The Morgan fingerprint density at radius 1 is 1.18 bits per heavy atom. The van der Waals surface area contributed by atoms with Gasteiger partial charge in [-0.3, -0.25) is 9.59 Å². The van der Waals surface area contributed by atoms with E-state index in [1.165, 1.54) is 23.1 Å². The van der Waals surface area contributed by atoms with Crippen molar-refractivity contribution in [1.29, 1.82) is 0 Å². The second-order valence-electron chi connectivity index (χ2n) is 7.76. The van der Waals surface area contributed by atoms with Crippen LogP contribution in [0.25, 0.3) is 0 Å². The molecule has 22 heavy (non-hydrogen) atoms. The first-order valence-corrected chi connectivity index (χ1v) is 8.67. The van der Waals surface area contributed by atoms with E-state index in [-0.39, 0.29) is 11.3 Å². The van der Waals surface area contributed by atoms with Crippen molar-refractivity contribution >= 4 is 11.6 Å². The number of allylic oxidation sites excluding steroid dienone is 6. The Morgan fingerprint density at radius 3 is 2.77 bits per heavy atom. The van der Waals surface area contributed by atoms with Gasteiger partial charge in [0.15, 0.2) is 5.78 Å². The minimum Gasteiger partial charge on any atom is -0.300 e. The van der Waals surface area contributed by atoms with Crippen LogP contribution < -0.4 is 0 Å². The van der Waals surface area contributed by atoms with E-state index in [1.54, 1.807) is 6.92 Å². The molecule has 0 aromatic carbocycles. The Labute approximate surface area is 132 Å². The van der Waals surface area contributed by atoms with Gasteiger partial charge in [0, 0.05) is 12.3 Å². The van der Waals surface area contributed by atoms with Crippen molar-refractivity contribution < 1.29 is 9.59 Å². The van der Waals surface area contributed by atoms with Crippen LogP contribution in [0.3, 0.4) is 0 Å². The fraction of sp³-hybridized carbons (Fsp3) is 0.600. The number of ketones is 2. The van der Waals surface area contributed by atoms with E-state index in [4.69, 9.17) is 0 Å². The van der Waals surface area contributed by atoms with Crippen molar-refractivity contribution in [3.8, 4) is 0 Å². The summed E-state index contributed by atoms with van der Waals surface area (Å²) >= 11 is 0. The SMILES string of the molecule is CC(=O)[C@@H]1CC[C@@H]2[C@H]3CCC4=CC(=O)CCC4=C3C=C[C@]21C. The Hall–Kier alpha value is -1.44. The lowest BCUT2D eigenvalue weighted by Gasteiger charge is -2.45. The van der Waals surface area contributed by atoms with Crippen molar-refractivity contribution in [3.05, 3.63) is 34.9 Å². The largest absolute Gasteiger partial charge is 0.300 e. The lowest BCUT2D eigenvalue weighted by molar-refractivity contribution is -0.123. The molecule has 4 rings (SSSR count). The summed E-state index contributed by atoms with van der Waals surface area (Å²) in [7, 11) is 0. The van der Waals surface area contributed by atoms with Gasteiger partial charge in [0.05, 0.1) is 0 Å². The molecular weight excluding hydrogens is 272 g/mol. The number of rotatable bonds is 1. The monoisotopic (exact) mass is 296 g/mol. The standard InChI is InChI=1S/C20H24O2/c1-12(21)18-7-8-19-17-5-3-13-11-14(22)4-6-15(13)16(17)9-10-20(18,19)2/h9-11,17-19H,3-8H2,1-2H3/t17-,18-,19+,20-/m0/s1. The molecule has 1 fully saturated rings. The average molecular weight is 296 g/mol. The smallest absolute Gasteiger partial charge is 0.156 e. The summed E-state index contributed by atoms with van der Waals surface area (Å²) in [5.74, 6) is 2.04. The highest BCUT2D eigenvalue weighted by Gasteiger charge is 2.52. The van der Waals surface area contributed by atoms with Gasteiger partial charge in [0.1, 0.15) is 5.78 Å². The lowest BCUT2D eigenvalue weighted by atomic mass is 9.59. The Balaban J connectivity index is 1.79. The highest BCUT2D eigenvalue weighted by molar-refractivity contribution is 5.93. The Bertz CT molecular complexity index is 649. The van der Waals surface area contributed by atoms with Gasteiger partial charge < -0.3 is 0 Å². The van der Waals surface area contributed by atoms with E-state index in [2.05, 4.69) is 19.1 Å². The van der Waals surface area contributed by atoms with Gasteiger partial charge in [-0.05, 0) is 79.1 Å². The molecule has 0 bridgehead atoms. The van der Waals surface area contributed by atoms with Crippen LogP contribution >= 0.6 is 0 Å². The molecule has 4 atom stereocenters. The van der Waals surface area contributed by atoms with E-state index in [0.717, 1.165) is 25.7 Å². The second kappa shape index (κ2) is 4.78. The predicted molar refractivity (Wildman–Crippen MR) is 86.2 cm³/mol. The van der Waals surface area contributed by atoms with E-state index in [0.29, 0.717) is 29.8 Å². The van der Waals surface area contributed by atoms with Crippen LogP contribution in [0, 0.1) is 23.2 Å². The molecule has 4 aliphatic rings. The third-order valence-electron chi connectivity index (χ3n) is 6.73. The van der Waals surface area contributed by atoms with Gasteiger partial charge in [0.25, 0.3) is 0 Å². The zero-order valence-electron chi connectivity index (χ0n) is 13.5. The fourth-order valence-corrected chi connectivity index (χ4v) is 5.66. The van der Waals surface area contributed by atoms with Gasteiger partial charge in [-0.15, -0.1) is 0 Å². The van der Waals surface area contributed by atoms with Crippen LogP contribution in [-0.4, -0.2) is 11.6 Å². The van der Waals surface area contributed by atoms with Crippen LogP contribution in [0.4, 0.5) is 0 Å². The van der Waals surface area contributed by atoms with Crippen molar-refractivity contribution in [1.82, 2.24) is 0 Å². The third kappa shape index (κ3) is 1.85. The van der Waals surface area contributed by atoms with Crippen molar-refractivity contribution in [2.75, 3.05) is 0 Å². The first kappa shape index (κ1) is 14.2. The van der Waals surface area contributed by atoms with Gasteiger partial charge >= 0.3 is 0 Å². The first-order chi connectivity index (χ1) is 10.5. The maximum atomic E-state index is 12.0. The fourth-order valence-electron chi connectivity index (χ4n) is 5.66. The minimum atomic E-state index is 0.0479. The summed E-state index contributed by atoms with van der Waals surface area (Å²) < 4.78 is 0. The van der Waals surface area contributed by atoms with Crippen LogP contribution in [-0.2, 0) is 9.59 Å². The number of hydrogen-bond donors (Lipinski definition) is 0. The zero-order valence-corrected chi connectivity index (χ0v) is 13.5. The van der Waals surface area contributed by atoms with E-state index in [9.17, 15) is 9.59 Å². The van der Waals surface area contributed by atoms with Crippen molar-refractivity contribution in [2.24, 2.45) is 23.2 Å². The maximum absolute atomic E-state index is 12.0. The van der Waals surface area contributed by atoms with Gasteiger partial charge in [-0.2, -0.15) is 0 Å². The molecule has 0 N–H and O–H groups in total. The number of Topliss-reactive ketones (excluding diaryl/α,β-unsaturated/α-hetero) is 1. The van der Waals surface area contributed by atoms with Crippen molar-refractivity contribution in [2.45, 2.75) is 52.4 Å². The summed E-state index contributed by atoms with van der Waals surface area (Å²) in [6.45, 7) is 4.05. The molecule has 0 aromatic rings. The molecule has 2 heteroatoms. The molecule has 0 radical (unpaired) electrons. The van der Waals surface area contributed by atoms with Crippen LogP contribution in [0.15, 0.2) is 34.9 Å². The average Bonchev–Trinajstić information content (AvgIpc) is 2.84. The van der Waals surface area contributed by atoms with Gasteiger partial charge in [-0.1, -0.05) is 19.1 Å². The molecule has 0 saturated heterocycles. The van der Waals surface area contributed by atoms with Crippen LogP contribution in [0.1, 0.15) is 52.4 Å². The van der Waals surface area contributed by atoms with E-state index < -0.39 is 0 Å². The molecule has 116 valence electrons. The Morgan fingerprint density at radius 2 is 2.00 bits per heavy atom. The predicted octanol–water partition coefficient (Wildman–Crippen LogP) is 4.17. The normalized spacial score (nSPS) is 40.0. The number of fused-ring (bicyclic) bond motifs is 4. The van der Waals surface area contributed by atoms with Gasteiger partial charge in [0.2, 0.25) is 0 Å². The summed E-state index contributed by atoms with van der Waals surface area (Å²) in [6.07, 6.45) is 12.5. The molecule has 0 amide bonds. The molecule has 0 heterocycles. The molecule has 0 aliphatic heterocycles. The Kier molecular flexibility index (Phi) is 3.08. The topological polar surface area (TPSA) is 34.1 Å². The summed E-state index contributed by atoms with van der Waals surface area (Å²) in [4.78, 5) is 23.7. The highest BCUT2D eigenvalue weighted by atomic mass is 16.1. The summed E-state index contributed by atoms with van der Waals surface area (Å²) in [5.41, 5.74) is 4.26. The van der Waals surface area contributed by atoms with Crippen LogP contribution in [0.5, 0.6) is 0 Å². The van der Waals surface area contributed by atoms with E-state index in [1.807, 2.05) is 6.08 Å². The minimum absolute atomic E-state index is 0.0479. The first-order valence-electron chi connectivity index (χ1n) is 8.67. The number of hydrogen-bond acceptors (Lipinski definition) is 2. The highest BCUT2D eigenvalue weighted by Crippen LogP contribution is 2.59.